The number of anilines is 1. The van der Waals surface area contributed by atoms with E-state index in [1.54, 1.807) is 7.11 Å². The Morgan fingerprint density at radius 3 is 2.10 bits per heavy atom. The van der Waals surface area contributed by atoms with E-state index in [0.29, 0.717) is 0 Å². The van der Waals surface area contributed by atoms with E-state index in [4.69, 9.17) is 4.74 Å². The second kappa shape index (κ2) is 6.31. The molecule has 2 rings (SSSR count). The summed E-state index contributed by atoms with van der Waals surface area (Å²) in [5.41, 5.74) is 4.94. The van der Waals surface area contributed by atoms with Gasteiger partial charge in [-0.05, 0) is 61.7 Å². The summed E-state index contributed by atoms with van der Waals surface area (Å²) >= 11 is 3.53. The average Bonchev–Trinajstić information content (AvgIpc) is 2.42. The fourth-order valence-electron chi connectivity index (χ4n) is 2.33. The Hall–Kier alpha value is -1.48. The smallest absolute Gasteiger partial charge is 0.118 e. The van der Waals surface area contributed by atoms with Gasteiger partial charge in [-0.3, -0.25) is 0 Å². The monoisotopic (exact) mass is 333 g/mol. The van der Waals surface area contributed by atoms with E-state index in [9.17, 15) is 0 Å². The molecule has 0 saturated heterocycles. The molecule has 0 fully saturated rings. The summed E-state index contributed by atoms with van der Waals surface area (Å²) in [4.78, 5) is 0. The summed E-state index contributed by atoms with van der Waals surface area (Å²) in [7, 11) is 1.69. The quantitative estimate of drug-likeness (QED) is 0.825. The van der Waals surface area contributed by atoms with Crippen LogP contribution in [0.5, 0.6) is 5.75 Å². The van der Waals surface area contributed by atoms with Gasteiger partial charge in [0.25, 0.3) is 0 Å². The van der Waals surface area contributed by atoms with Crippen molar-refractivity contribution in [2.75, 3.05) is 12.4 Å². The van der Waals surface area contributed by atoms with Gasteiger partial charge in [0.15, 0.2) is 0 Å². The first-order valence-electron chi connectivity index (χ1n) is 6.68. The first-order valence-corrected chi connectivity index (χ1v) is 7.48. The van der Waals surface area contributed by atoms with Crippen molar-refractivity contribution in [3.63, 3.8) is 0 Å². The van der Waals surface area contributed by atoms with Crippen molar-refractivity contribution >= 4 is 21.6 Å². The maximum absolute atomic E-state index is 5.19. The van der Waals surface area contributed by atoms with Crippen molar-refractivity contribution in [1.29, 1.82) is 0 Å². The number of halogens is 1. The summed E-state index contributed by atoms with van der Waals surface area (Å²) in [5.74, 6) is 0.886. The highest BCUT2D eigenvalue weighted by Crippen LogP contribution is 2.29. The van der Waals surface area contributed by atoms with Crippen LogP contribution < -0.4 is 10.1 Å². The number of ether oxygens (including phenoxy) is 1. The number of aryl methyl sites for hydroxylation is 2. The molecule has 2 aromatic carbocycles. The predicted octanol–water partition coefficient (Wildman–Crippen LogP) is 5.25. The minimum absolute atomic E-state index is 0.250. The number of benzene rings is 2. The van der Waals surface area contributed by atoms with E-state index in [1.807, 2.05) is 12.1 Å². The molecule has 0 bridgehead atoms. The molecule has 1 unspecified atom stereocenters. The Bertz CT molecular complexity index is 569. The van der Waals surface area contributed by atoms with Crippen LogP contribution in [-0.4, -0.2) is 7.11 Å². The molecule has 0 aliphatic carbocycles. The summed E-state index contributed by atoms with van der Waals surface area (Å²) in [6.45, 7) is 6.42. The molecule has 1 atom stereocenters. The van der Waals surface area contributed by atoms with Gasteiger partial charge in [0.05, 0.1) is 7.11 Å². The molecule has 0 amide bonds. The van der Waals surface area contributed by atoms with Crippen LogP contribution in [0.25, 0.3) is 0 Å². The van der Waals surface area contributed by atoms with Crippen LogP contribution >= 0.6 is 15.9 Å². The van der Waals surface area contributed by atoms with Crippen LogP contribution in [0.4, 0.5) is 5.69 Å². The highest BCUT2D eigenvalue weighted by Gasteiger charge is 2.10. The normalized spacial score (nSPS) is 12.1. The Morgan fingerprint density at radius 1 is 1.05 bits per heavy atom. The van der Waals surface area contributed by atoms with Crippen LogP contribution in [0, 0.1) is 13.8 Å². The van der Waals surface area contributed by atoms with Crippen LogP contribution in [0.2, 0.25) is 0 Å². The lowest BCUT2D eigenvalue weighted by molar-refractivity contribution is 0.414. The number of hydrogen-bond donors (Lipinski definition) is 1. The van der Waals surface area contributed by atoms with Crippen molar-refractivity contribution in [3.05, 3.63) is 57.6 Å². The number of methoxy groups -OCH3 is 1. The van der Waals surface area contributed by atoms with E-state index in [1.165, 1.54) is 22.4 Å². The van der Waals surface area contributed by atoms with E-state index in [-0.39, 0.29) is 6.04 Å². The molecule has 106 valence electrons. The van der Waals surface area contributed by atoms with Crippen molar-refractivity contribution in [3.8, 4) is 5.75 Å². The summed E-state index contributed by atoms with van der Waals surface area (Å²) in [6, 6.07) is 12.7. The van der Waals surface area contributed by atoms with Crippen LogP contribution in [-0.2, 0) is 0 Å². The van der Waals surface area contributed by atoms with E-state index >= 15 is 0 Å². The van der Waals surface area contributed by atoms with Crippen molar-refractivity contribution in [1.82, 2.24) is 0 Å². The maximum Gasteiger partial charge on any atom is 0.118 e. The van der Waals surface area contributed by atoms with Gasteiger partial charge in [0, 0.05) is 16.2 Å². The molecule has 1 N–H and O–H groups in total. The minimum Gasteiger partial charge on any atom is -0.497 e. The molecule has 20 heavy (non-hydrogen) atoms. The van der Waals surface area contributed by atoms with Gasteiger partial charge in [0.1, 0.15) is 5.75 Å². The fraction of sp³-hybridized carbons (Fsp3) is 0.294. The van der Waals surface area contributed by atoms with Crippen LogP contribution in [0.15, 0.2) is 40.9 Å². The zero-order chi connectivity index (χ0) is 14.7. The van der Waals surface area contributed by atoms with Gasteiger partial charge in [-0.15, -0.1) is 0 Å². The number of rotatable bonds is 4. The molecule has 0 aliphatic heterocycles. The lowest BCUT2D eigenvalue weighted by Crippen LogP contribution is -2.09. The summed E-state index contributed by atoms with van der Waals surface area (Å²) in [6.07, 6.45) is 0. The average molecular weight is 334 g/mol. The topological polar surface area (TPSA) is 21.3 Å². The number of hydrogen-bond acceptors (Lipinski definition) is 2. The third kappa shape index (κ3) is 3.34. The van der Waals surface area contributed by atoms with Crippen LogP contribution in [0.1, 0.15) is 29.7 Å². The Labute approximate surface area is 129 Å². The summed E-state index contributed by atoms with van der Waals surface area (Å²) in [5, 5.41) is 3.60. The SMILES string of the molecule is COc1ccc(C(C)Nc2c(C)cc(Br)cc2C)cc1. The Balaban J connectivity index is 2.20. The van der Waals surface area contributed by atoms with Gasteiger partial charge >= 0.3 is 0 Å². The molecule has 3 heteroatoms. The highest BCUT2D eigenvalue weighted by atomic mass is 79.9. The number of nitrogens with one attached hydrogen (secondary N) is 1. The molecule has 0 spiro atoms. The second-order valence-corrected chi connectivity index (χ2v) is 5.97. The zero-order valence-electron chi connectivity index (χ0n) is 12.3. The molecule has 0 aliphatic rings. The van der Waals surface area contributed by atoms with Crippen LogP contribution in [0.3, 0.4) is 0 Å². The molecule has 0 heterocycles. The third-order valence-electron chi connectivity index (χ3n) is 3.47. The lowest BCUT2D eigenvalue weighted by atomic mass is 10.0. The van der Waals surface area contributed by atoms with E-state index in [0.717, 1.165) is 10.2 Å². The van der Waals surface area contributed by atoms with Crippen molar-refractivity contribution in [2.45, 2.75) is 26.8 Å². The Morgan fingerprint density at radius 2 is 1.60 bits per heavy atom. The van der Waals surface area contributed by atoms with E-state index in [2.05, 4.69) is 66.3 Å². The molecule has 0 aromatic heterocycles. The summed E-state index contributed by atoms with van der Waals surface area (Å²) < 4.78 is 6.31. The first kappa shape index (κ1) is 14.9. The molecule has 0 saturated carbocycles. The van der Waals surface area contributed by atoms with Gasteiger partial charge in [-0.25, -0.2) is 0 Å². The fourth-order valence-corrected chi connectivity index (χ4v) is 3.02. The molecule has 2 nitrogen and oxygen atoms in total. The Kier molecular flexibility index (Phi) is 4.71. The van der Waals surface area contributed by atoms with Gasteiger partial charge in [-0.1, -0.05) is 28.1 Å². The van der Waals surface area contributed by atoms with Crippen molar-refractivity contribution < 1.29 is 4.74 Å². The zero-order valence-corrected chi connectivity index (χ0v) is 13.9. The standard InChI is InChI=1S/C17H20BrNO/c1-11-9-15(18)10-12(2)17(11)19-13(3)14-5-7-16(20-4)8-6-14/h5-10,13,19H,1-4H3. The third-order valence-corrected chi connectivity index (χ3v) is 3.93. The first-order chi connectivity index (χ1) is 9.51. The molecular formula is C17H20BrNO. The molecular weight excluding hydrogens is 314 g/mol. The minimum atomic E-state index is 0.250. The highest BCUT2D eigenvalue weighted by molar-refractivity contribution is 9.10. The van der Waals surface area contributed by atoms with E-state index < -0.39 is 0 Å². The second-order valence-electron chi connectivity index (χ2n) is 5.05. The maximum atomic E-state index is 5.19. The molecule has 2 aromatic rings. The van der Waals surface area contributed by atoms with Gasteiger partial charge < -0.3 is 10.1 Å². The van der Waals surface area contributed by atoms with Crippen molar-refractivity contribution in [2.24, 2.45) is 0 Å². The lowest BCUT2D eigenvalue weighted by Gasteiger charge is -2.20. The van der Waals surface area contributed by atoms with Gasteiger partial charge in [0.2, 0.25) is 0 Å². The predicted molar refractivity (Wildman–Crippen MR) is 88.6 cm³/mol. The largest absolute Gasteiger partial charge is 0.497 e. The molecule has 0 radical (unpaired) electrons. The van der Waals surface area contributed by atoms with Gasteiger partial charge in [-0.2, -0.15) is 0 Å².